The predicted molar refractivity (Wildman–Crippen MR) is 124 cm³/mol. The Balaban J connectivity index is 1.67. The molecule has 0 aliphatic carbocycles. The number of carbonyl (C=O) groups is 3. The van der Waals surface area contributed by atoms with Crippen molar-refractivity contribution in [3.05, 3.63) is 68.5 Å². The van der Waals surface area contributed by atoms with Gasteiger partial charge in [0, 0.05) is 0 Å². The summed E-state index contributed by atoms with van der Waals surface area (Å²) < 4.78 is 11.6. The van der Waals surface area contributed by atoms with Crippen LogP contribution in [-0.4, -0.2) is 34.7 Å². The van der Waals surface area contributed by atoms with E-state index in [4.69, 9.17) is 9.47 Å². The second-order valence-electron chi connectivity index (χ2n) is 7.27. The lowest BCUT2D eigenvalue weighted by Gasteiger charge is -2.13. The number of hydrogen-bond donors (Lipinski definition) is 0. The maximum atomic E-state index is 12.5. The third-order valence-corrected chi connectivity index (χ3v) is 5.82. The van der Waals surface area contributed by atoms with Crippen molar-refractivity contribution in [3.63, 3.8) is 0 Å². The van der Waals surface area contributed by atoms with E-state index >= 15 is 0 Å². The zero-order valence-electron chi connectivity index (χ0n) is 17.4. The predicted octanol–water partition coefficient (Wildman–Crippen LogP) is 5.32. The molecule has 8 heteroatoms. The fourth-order valence-corrected chi connectivity index (χ4v) is 4.14. The van der Waals surface area contributed by atoms with E-state index < -0.39 is 23.7 Å². The van der Waals surface area contributed by atoms with Crippen LogP contribution in [-0.2, 0) is 20.9 Å². The number of thioether (sulfide) groups is 1. The molecule has 1 fully saturated rings. The lowest BCUT2D eigenvalue weighted by atomic mass is 10.1. The molecule has 0 unspecified atom stereocenters. The Kier molecular flexibility index (Phi) is 7.56. The van der Waals surface area contributed by atoms with E-state index in [1.54, 1.807) is 32.1 Å². The number of nitrogens with zero attached hydrogens (tertiary/aromatic N) is 1. The van der Waals surface area contributed by atoms with Crippen LogP contribution >= 0.6 is 27.7 Å². The molecule has 0 bridgehead atoms. The van der Waals surface area contributed by atoms with Crippen molar-refractivity contribution in [2.75, 3.05) is 6.54 Å². The molecule has 0 atom stereocenters. The molecule has 1 aliphatic rings. The van der Waals surface area contributed by atoms with Crippen LogP contribution in [0.4, 0.5) is 4.79 Å². The molecule has 3 rings (SSSR count). The summed E-state index contributed by atoms with van der Waals surface area (Å²) in [7, 11) is 0. The minimum atomic E-state index is -0.614. The molecule has 1 aliphatic heterocycles. The molecule has 0 N–H and O–H groups in total. The van der Waals surface area contributed by atoms with Gasteiger partial charge in [-0.15, -0.1) is 0 Å². The Morgan fingerprint density at radius 2 is 1.87 bits per heavy atom. The van der Waals surface area contributed by atoms with Gasteiger partial charge in [-0.3, -0.25) is 19.3 Å². The Labute approximate surface area is 193 Å². The number of rotatable bonds is 7. The van der Waals surface area contributed by atoms with Crippen LogP contribution in [0.25, 0.3) is 6.08 Å². The van der Waals surface area contributed by atoms with Crippen LogP contribution in [0.2, 0.25) is 0 Å². The van der Waals surface area contributed by atoms with Gasteiger partial charge in [0.05, 0.1) is 15.5 Å². The van der Waals surface area contributed by atoms with E-state index in [0.29, 0.717) is 12.4 Å². The molecule has 0 radical (unpaired) electrons. The molecule has 6 nitrogen and oxygen atoms in total. The van der Waals surface area contributed by atoms with E-state index in [2.05, 4.69) is 15.9 Å². The van der Waals surface area contributed by atoms with Gasteiger partial charge in [-0.1, -0.05) is 35.9 Å². The highest BCUT2D eigenvalue weighted by atomic mass is 79.9. The number of esters is 1. The second-order valence-corrected chi connectivity index (χ2v) is 9.12. The van der Waals surface area contributed by atoms with E-state index in [0.717, 1.165) is 32.3 Å². The van der Waals surface area contributed by atoms with Crippen molar-refractivity contribution in [1.29, 1.82) is 0 Å². The van der Waals surface area contributed by atoms with E-state index in [-0.39, 0.29) is 11.0 Å². The topological polar surface area (TPSA) is 72.9 Å². The molecule has 0 saturated carbocycles. The third kappa shape index (κ3) is 6.21. The van der Waals surface area contributed by atoms with Crippen molar-refractivity contribution in [3.8, 4) is 5.75 Å². The first-order chi connectivity index (χ1) is 14.7. The van der Waals surface area contributed by atoms with Crippen LogP contribution in [0.1, 0.15) is 30.5 Å². The zero-order chi connectivity index (χ0) is 22.5. The largest absolute Gasteiger partial charge is 0.488 e. The van der Waals surface area contributed by atoms with Crippen molar-refractivity contribution < 1.29 is 23.9 Å². The SMILES string of the molecule is Cc1ccc(COc2ccc(/C=C3/SC(=O)N(CC(=O)OC(C)C)C3=O)cc2Br)cc1. The maximum Gasteiger partial charge on any atom is 0.326 e. The minimum absolute atomic E-state index is 0.252. The Bertz CT molecular complexity index is 1030. The molecular formula is C23H22BrNO5S. The number of carbonyl (C=O) groups excluding carboxylic acids is 3. The first kappa shape index (κ1) is 23.1. The number of hydrogen-bond acceptors (Lipinski definition) is 6. The molecule has 162 valence electrons. The molecule has 2 aromatic carbocycles. The van der Waals surface area contributed by atoms with Crippen molar-refractivity contribution in [2.24, 2.45) is 0 Å². The molecule has 1 saturated heterocycles. The minimum Gasteiger partial charge on any atom is -0.488 e. The lowest BCUT2D eigenvalue weighted by molar-refractivity contribution is -0.149. The van der Waals surface area contributed by atoms with Gasteiger partial charge >= 0.3 is 5.97 Å². The van der Waals surface area contributed by atoms with Gasteiger partial charge in [-0.25, -0.2) is 0 Å². The third-order valence-electron chi connectivity index (χ3n) is 4.30. The summed E-state index contributed by atoms with van der Waals surface area (Å²) in [5.41, 5.74) is 2.98. The quantitative estimate of drug-likeness (QED) is 0.375. The highest BCUT2D eigenvalue weighted by molar-refractivity contribution is 9.10. The lowest BCUT2D eigenvalue weighted by Crippen LogP contribution is -2.35. The van der Waals surface area contributed by atoms with E-state index in [1.165, 1.54) is 5.56 Å². The summed E-state index contributed by atoms with van der Waals surface area (Å²) in [4.78, 5) is 37.7. The monoisotopic (exact) mass is 503 g/mol. The Morgan fingerprint density at radius 3 is 2.52 bits per heavy atom. The first-order valence-electron chi connectivity index (χ1n) is 9.65. The smallest absolute Gasteiger partial charge is 0.326 e. The summed E-state index contributed by atoms with van der Waals surface area (Å²) in [5.74, 6) is -0.454. The number of benzene rings is 2. The van der Waals surface area contributed by atoms with Crippen LogP contribution in [0.15, 0.2) is 51.8 Å². The van der Waals surface area contributed by atoms with Gasteiger partial charge in [-0.2, -0.15) is 0 Å². The summed E-state index contributed by atoms with van der Waals surface area (Å²) in [5, 5.41) is -0.492. The number of halogens is 1. The van der Waals surface area contributed by atoms with E-state index in [1.807, 2.05) is 37.3 Å². The fourth-order valence-electron chi connectivity index (χ4n) is 2.79. The second kappa shape index (κ2) is 10.2. The number of imide groups is 1. The molecule has 1 heterocycles. The fraction of sp³-hybridized carbons (Fsp3) is 0.261. The number of aryl methyl sites for hydroxylation is 1. The van der Waals surface area contributed by atoms with Crippen molar-refractivity contribution >= 4 is 50.9 Å². The molecule has 0 spiro atoms. The average Bonchev–Trinajstić information content (AvgIpc) is 2.95. The van der Waals surface area contributed by atoms with Crippen LogP contribution in [0.3, 0.4) is 0 Å². The van der Waals surface area contributed by atoms with Gasteiger partial charge < -0.3 is 9.47 Å². The average molecular weight is 504 g/mol. The normalized spacial score (nSPS) is 15.1. The summed E-state index contributed by atoms with van der Waals surface area (Å²) in [6.45, 7) is 5.49. The zero-order valence-corrected chi connectivity index (χ0v) is 19.8. The number of ether oxygens (including phenoxy) is 2. The summed E-state index contributed by atoms with van der Waals surface area (Å²) in [6, 6.07) is 13.5. The molecule has 2 amide bonds. The highest BCUT2D eigenvalue weighted by Gasteiger charge is 2.36. The maximum absolute atomic E-state index is 12.5. The highest BCUT2D eigenvalue weighted by Crippen LogP contribution is 2.34. The molecule has 0 aromatic heterocycles. The summed E-state index contributed by atoms with van der Waals surface area (Å²) >= 11 is 4.29. The van der Waals surface area contributed by atoms with Crippen LogP contribution in [0.5, 0.6) is 5.75 Å². The number of amides is 2. The van der Waals surface area contributed by atoms with Gasteiger partial charge in [0.15, 0.2) is 0 Å². The molecule has 31 heavy (non-hydrogen) atoms. The van der Waals surface area contributed by atoms with Crippen molar-refractivity contribution in [2.45, 2.75) is 33.5 Å². The van der Waals surface area contributed by atoms with Gasteiger partial charge in [-0.05, 0) is 77.8 Å². The van der Waals surface area contributed by atoms with E-state index in [9.17, 15) is 14.4 Å². The molecular weight excluding hydrogens is 482 g/mol. The standard InChI is InChI=1S/C23H22BrNO5S/c1-14(2)30-21(26)12-25-22(27)20(31-23(25)28)11-17-8-9-19(18(24)10-17)29-13-16-6-4-15(3)5-7-16/h4-11,14H,12-13H2,1-3H3/b20-11+. The Morgan fingerprint density at radius 1 is 1.16 bits per heavy atom. The van der Waals surface area contributed by atoms with Gasteiger partial charge in [0.1, 0.15) is 18.9 Å². The van der Waals surface area contributed by atoms with Crippen LogP contribution < -0.4 is 4.74 Å². The summed E-state index contributed by atoms with van der Waals surface area (Å²) in [6.07, 6.45) is 1.31. The van der Waals surface area contributed by atoms with Gasteiger partial charge in [0.25, 0.3) is 11.1 Å². The van der Waals surface area contributed by atoms with Crippen molar-refractivity contribution in [1.82, 2.24) is 4.90 Å². The van der Waals surface area contributed by atoms with Crippen LogP contribution in [0, 0.1) is 6.92 Å². The Hall–Kier alpha value is -2.58. The molecule has 2 aromatic rings. The van der Waals surface area contributed by atoms with Gasteiger partial charge in [0.2, 0.25) is 0 Å². The first-order valence-corrected chi connectivity index (χ1v) is 11.3.